The molecule has 6 heteroatoms. The van der Waals surface area contributed by atoms with Crippen molar-refractivity contribution in [3.63, 3.8) is 0 Å². The van der Waals surface area contributed by atoms with Crippen LogP contribution in [0.4, 0.5) is 0 Å². The van der Waals surface area contributed by atoms with E-state index < -0.39 is 0 Å². The molecule has 0 aliphatic heterocycles. The number of methoxy groups -OCH3 is 1. The molecule has 2 N–H and O–H groups in total. The van der Waals surface area contributed by atoms with Crippen molar-refractivity contribution in [2.45, 2.75) is 32.0 Å². The SMILES string of the molecule is COc1cc(CN(CCn2cc[nH]c2=O)C2CC2)ccc1O. The fourth-order valence-corrected chi connectivity index (χ4v) is 2.65. The molecule has 118 valence electrons. The van der Waals surface area contributed by atoms with Crippen molar-refractivity contribution in [2.24, 2.45) is 0 Å². The molecule has 0 unspecified atom stereocenters. The van der Waals surface area contributed by atoms with E-state index in [0.29, 0.717) is 18.3 Å². The summed E-state index contributed by atoms with van der Waals surface area (Å²) < 4.78 is 6.85. The highest BCUT2D eigenvalue weighted by molar-refractivity contribution is 5.41. The Bertz CT molecular complexity index is 688. The third kappa shape index (κ3) is 3.33. The highest BCUT2D eigenvalue weighted by Crippen LogP contribution is 2.31. The van der Waals surface area contributed by atoms with Crippen molar-refractivity contribution in [1.29, 1.82) is 0 Å². The molecule has 0 atom stereocenters. The minimum atomic E-state index is -0.0675. The van der Waals surface area contributed by atoms with Gasteiger partial charge in [-0.15, -0.1) is 0 Å². The number of benzene rings is 1. The van der Waals surface area contributed by atoms with Crippen LogP contribution < -0.4 is 10.4 Å². The monoisotopic (exact) mass is 303 g/mol. The van der Waals surface area contributed by atoms with Crippen molar-refractivity contribution < 1.29 is 9.84 Å². The molecule has 2 aromatic rings. The summed E-state index contributed by atoms with van der Waals surface area (Å²) in [5, 5.41) is 9.67. The molecule has 1 aromatic carbocycles. The number of nitrogens with zero attached hydrogens (tertiary/aromatic N) is 2. The lowest BCUT2D eigenvalue weighted by atomic mass is 10.2. The predicted octanol–water partition coefficient (Wildman–Crippen LogP) is 1.56. The maximum absolute atomic E-state index is 11.5. The number of aromatic nitrogens is 2. The van der Waals surface area contributed by atoms with Crippen LogP contribution in [0.25, 0.3) is 0 Å². The van der Waals surface area contributed by atoms with Crippen LogP contribution in [0.3, 0.4) is 0 Å². The van der Waals surface area contributed by atoms with E-state index in [2.05, 4.69) is 9.88 Å². The highest BCUT2D eigenvalue weighted by atomic mass is 16.5. The number of nitrogens with one attached hydrogen (secondary N) is 1. The van der Waals surface area contributed by atoms with E-state index in [1.54, 1.807) is 30.1 Å². The number of ether oxygens (including phenoxy) is 1. The summed E-state index contributed by atoms with van der Waals surface area (Å²) in [7, 11) is 1.55. The number of hydrogen-bond donors (Lipinski definition) is 2. The van der Waals surface area contributed by atoms with E-state index in [-0.39, 0.29) is 11.4 Å². The summed E-state index contributed by atoms with van der Waals surface area (Å²) in [4.78, 5) is 16.6. The van der Waals surface area contributed by atoms with Crippen LogP contribution in [0.2, 0.25) is 0 Å². The smallest absolute Gasteiger partial charge is 0.325 e. The van der Waals surface area contributed by atoms with Gasteiger partial charge in [0.1, 0.15) is 0 Å². The number of hydrogen-bond acceptors (Lipinski definition) is 4. The number of imidazole rings is 1. The molecule has 0 bridgehead atoms. The molecule has 22 heavy (non-hydrogen) atoms. The van der Waals surface area contributed by atoms with Crippen molar-refractivity contribution >= 4 is 0 Å². The summed E-state index contributed by atoms with van der Waals surface area (Å²) >= 11 is 0. The fourth-order valence-electron chi connectivity index (χ4n) is 2.65. The Hall–Kier alpha value is -2.21. The van der Waals surface area contributed by atoms with Crippen molar-refractivity contribution in [3.05, 3.63) is 46.6 Å². The number of H-pyrrole nitrogens is 1. The lowest BCUT2D eigenvalue weighted by Gasteiger charge is -2.22. The van der Waals surface area contributed by atoms with Gasteiger partial charge in [0.05, 0.1) is 7.11 Å². The van der Waals surface area contributed by atoms with E-state index in [9.17, 15) is 9.90 Å². The number of aromatic hydroxyl groups is 1. The average Bonchev–Trinajstić information content (AvgIpc) is 3.28. The largest absolute Gasteiger partial charge is 0.504 e. The fraction of sp³-hybridized carbons (Fsp3) is 0.438. The second-order valence-electron chi connectivity index (χ2n) is 5.67. The van der Waals surface area contributed by atoms with Crippen molar-refractivity contribution in [2.75, 3.05) is 13.7 Å². The minimum Gasteiger partial charge on any atom is -0.504 e. The first-order chi connectivity index (χ1) is 10.7. The predicted molar refractivity (Wildman–Crippen MR) is 83.1 cm³/mol. The molecule has 1 heterocycles. The molecule has 1 aromatic heterocycles. The Balaban J connectivity index is 1.67. The lowest BCUT2D eigenvalue weighted by molar-refractivity contribution is 0.242. The summed E-state index contributed by atoms with van der Waals surface area (Å²) in [6.45, 7) is 2.29. The second kappa shape index (κ2) is 6.27. The molecular weight excluding hydrogens is 282 g/mol. The minimum absolute atomic E-state index is 0.0675. The average molecular weight is 303 g/mol. The van der Waals surface area contributed by atoms with E-state index >= 15 is 0 Å². The van der Waals surface area contributed by atoms with Crippen LogP contribution >= 0.6 is 0 Å². The third-order valence-corrected chi connectivity index (χ3v) is 4.04. The van der Waals surface area contributed by atoms with Gasteiger partial charge in [0.25, 0.3) is 0 Å². The van der Waals surface area contributed by atoms with Gasteiger partial charge < -0.3 is 14.8 Å². The quantitative estimate of drug-likeness (QED) is 0.814. The van der Waals surface area contributed by atoms with Crippen molar-refractivity contribution in [1.82, 2.24) is 14.5 Å². The Kier molecular flexibility index (Phi) is 4.20. The summed E-state index contributed by atoms with van der Waals surface area (Å²) in [5.74, 6) is 0.651. The zero-order chi connectivity index (χ0) is 15.5. The Morgan fingerprint density at radius 1 is 1.45 bits per heavy atom. The zero-order valence-corrected chi connectivity index (χ0v) is 12.7. The van der Waals surface area contributed by atoms with Crippen LogP contribution in [0.1, 0.15) is 18.4 Å². The normalized spacial score (nSPS) is 14.5. The molecule has 0 radical (unpaired) electrons. The molecule has 1 fully saturated rings. The first-order valence-electron chi connectivity index (χ1n) is 7.51. The number of aromatic amines is 1. The molecule has 1 aliphatic carbocycles. The van der Waals surface area contributed by atoms with Gasteiger partial charge in [0.2, 0.25) is 0 Å². The molecule has 0 amide bonds. The molecule has 0 saturated heterocycles. The van der Waals surface area contributed by atoms with Crippen LogP contribution in [-0.4, -0.2) is 39.3 Å². The van der Waals surface area contributed by atoms with E-state index in [0.717, 1.165) is 18.7 Å². The van der Waals surface area contributed by atoms with E-state index in [1.807, 2.05) is 12.1 Å². The zero-order valence-electron chi connectivity index (χ0n) is 12.7. The first kappa shape index (κ1) is 14.7. The van der Waals surface area contributed by atoms with Crippen LogP contribution in [0, 0.1) is 0 Å². The highest BCUT2D eigenvalue weighted by Gasteiger charge is 2.28. The van der Waals surface area contributed by atoms with Gasteiger partial charge in [0, 0.05) is 38.1 Å². The van der Waals surface area contributed by atoms with Gasteiger partial charge in [0.15, 0.2) is 11.5 Å². The Labute approximate surface area is 129 Å². The Morgan fingerprint density at radius 3 is 2.91 bits per heavy atom. The number of phenols is 1. The molecule has 0 spiro atoms. The van der Waals surface area contributed by atoms with Gasteiger partial charge in [-0.05, 0) is 30.5 Å². The summed E-state index contributed by atoms with van der Waals surface area (Å²) in [6, 6.07) is 6.04. The summed E-state index contributed by atoms with van der Waals surface area (Å²) in [5.41, 5.74) is 1.03. The van der Waals surface area contributed by atoms with Gasteiger partial charge in [-0.2, -0.15) is 0 Å². The van der Waals surface area contributed by atoms with Gasteiger partial charge in [-0.1, -0.05) is 6.07 Å². The number of rotatable bonds is 7. The van der Waals surface area contributed by atoms with Crippen LogP contribution in [0.15, 0.2) is 35.4 Å². The third-order valence-electron chi connectivity index (χ3n) is 4.04. The van der Waals surface area contributed by atoms with Gasteiger partial charge >= 0.3 is 5.69 Å². The Morgan fingerprint density at radius 2 is 2.27 bits per heavy atom. The van der Waals surface area contributed by atoms with E-state index in [4.69, 9.17) is 4.74 Å². The maximum Gasteiger partial charge on any atom is 0.325 e. The van der Waals surface area contributed by atoms with E-state index in [1.165, 1.54) is 12.8 Å². The molecule has 1 aliphatic rings. The van der Waals surface area contributed by atoms with Crippen molar-refractivity contribution in [3.8, 4) is 11.5 Å². The second-order valence-corrected chi connectivity index (χ2v) is 5.67. The molecular formula is C16H21N3O3. The van der Waals surface area contributed by atoms with Gasteiger partial charge in [-0.25, -0.2) is 4.79 Å². The lowest BCUT2D eigenvalue weighted by Crippen LogP contribution is -2.31. The topological polar surface area (TPSA) is 70.5 Å². The van der Waals surface area contributed by atoms with Crippen LogP contribution in [-0.2, 0) is 13.1 Å². The maximum atomic E-state index is 11.5. The summed E-state index contributed by atoms with van der Waals surface area (Å²) in [6.07, 6.45) is 5.85. The molecule has 1 saturated carbocycles. The first-order valence-corrected chi connectivity index (χ1v) is 7.51. The molecule has 6 nitrogen and oxygen atoms in total. The molecule has 3 rings (SSSR count). The number of phenolic OH excluding ortho intramolecular Hbond substituents is 1. The standard InChI is InChI=1S/C16H21N3O3/c1-22-15-10-12(2-5-14(15)20)11-19(13-3-4-13)9-8-18-7-6-17-16(18)21/h2,5-7,10,13,20H,3-4,8-9,11H2,1H3,(H,17,21). The van der Waals surface area contributed by atoms with Crippen LogP contribution in [0.5, 0.6) is 11.5 Å². The van der Waals surface area contributed by atoms with Gasteiger partial charge in [-0.3, -0.25) is 9.47 Å².